The molecular formula is C17H22FN3O. The third kappa shape index (κ3) is 2.94. The van der Waals surface area contributed by atoms with Gasteiger partial charge < -0.3 is 10.4 Å². The van der Waals surface area contributed by atoms with Crippen LogP contribution in [0, 0.1) is 23.1 Å². The van der Waals surface area contributed by atoms with Crippen molar-refractivity contribution in [3.63, 3.8) is 0 Å². The van der Waals surface area contributed by atoms with Crippen molar-refractivity contribution >= 4 is 0 Å². The Morgan fingerprint density at radius 3 is 2.59 bits per heavy atom. The van der Waals surface area contributed by atoms with Gasteiger partial charge >= 0.3 is 0 Å². The maximum absolute atomic E-state index is 14.0. The zero-order valence-corrected chi connectivity index (χ0v) is 12.7. The van der Waals surface area contributed by atoms with Gasteiger partial charge in [0.25, 0.3) is 0 Å². The van der Waals surface area contributed by atoms with Crippen LogP contribution >= 0.6 is 0 Å². The number of piperazine rings is 1. The summed E-state index contributed by atoms with van der Waals surface area (Å²) in [7, 11) is 0. The SMILES string of the molecule is N#Cc1cc(F)c(O)c([C@H](C2CCCC2)N2CCNCC2)c1. The summed E-state index contributed by atoms with van der Waals surface area (Å²) >= 11 is 0. The van der Waals surface area contributed by atoms with Gasteiger partial charge in [-0.3, -0.25) is 4.90 Å². The number of phenols is 1. The van der Waals surface area contributed by atoms with Crippen molar-refractivity contribution in [3.05, 3.63) is 29.1 Å². The molecule has 0 bridgehead atoms. The Bertz CT molecular complexity index is 572. The minimum Gasteiger partial charge on any atom is -0.505 e. The number of rotatable bonds is 3. The molecule has 22 heavy (non-hydrogen) atoms. The van der Waals surface area contributed by atoms with Crippen LogP contribution in [0.2, 0.25) is 0 Å². The monoisotopic (exact) mass is 303 g/mol. The molecule has 0 unspecified atom stereocenters. The first-order valence-corrected chi connectivity index (χ1v) is 8.08. The lowest BCUT2D eigenvalue weighted by molar-refractivity contribution is 0.123. The van der Waals surface area contributed by atoms with Gasteiger partial charge in [-0.15, -0.1) is 0 Å². The van der Waals surface area contributed by atoms with Gasteiger partial charge in [-0.25, -0.2) is 4.39 Å². The zero-order valence-electron chi connectivity index (χ0n) is 12.7. The summed E-state index contributed by atoms with van der Waals surface area (Å²) in [4.78, 5) is 2.34. The number of halogens is 1. The second-order valence-electron chi connectivity index (χ2n) is 6.28. The third-order valence-corrected chi connectivity index (χ3v) is 4.93. The normalized spacial score (nSPS) is 21.6. The van der Waals surface area contributed by atoms with E-state index in [9.17, 15) is 9.50 Å². The Kier molecular flexibility index (Phi) is 4.60. The van der Waals surface area contributed by atoms with Gasteiger partial charge in [0, 0.05) is 37.8 Å². The Morgan fingerprint density at radius 1 is 1.27 bits per heavy atom. The molecule has 1 aromatic rings. The van der Waals surface area contributed by atoms with E-state index in [0.29, 0.717) is 11.5 Å². The van der Waals surface area contributed by atoms with Crippen molar-refractivity contribution < 1.29 is 9.50 Å². The summed E-state index contributed by atoms with van der Waals surface area (Å²) in [5.74, 6) is -0.543. The topological polar surface area (TPSA) is 59.3 Å². The molecule has 3 rings (SSSR count). The lowest BCUT2D eigenvalue weighted by Gasteiger charge is -2.39. The molecule has 1 aliphatic heterocycles. The molecule has 118 valence electrons. The highest BCUT2D eigenvalue weighted by Crippen LogP contribution is 2.43. The third-order valence-electron chi connectivity index (χ3n) is 4.93. The second kappa shape index (κ2) is 6.64. The minimum atomic E-state index is -0.688. The van der Waals surface area contributed by atoms with Crippen LogP contribution in [0.15, 0.2) is 12.1 Å². The summed E-state index contributed by atoms with van der Waals surface area (Å²) in [6.07, 6.45) is 4.59. The Balaban J connectivity index is 2.01. The standard InChI is InChI=1S/C17H22FN3O/c18-15-10-12(11-19)9-14(17(15)22)16(13-3-1-2-4-13)21-7-5-20-6-8-21/h9-10,13,16,20,22H,1-8H2/t16-/m0/s1. The summed E-state index contributed by atoms with van der Waals surface area (Å²) in [6.45, 7) is 3.59. The van der Waals surface area contributed by atoms with Gasteiger partial charge in [0.2, 0.25) is 0 Å². The highest BCUT2D eigenvalue weighted by molar-refractivity contribution is 5.44. The smallest absolute Gasteiger partial charge is 0.166 e. The van der Waals surface area contributed by atoms with Crippen molar-refractivity contribution in [2.75, 3.05) is 26.2 Å². The highest BCUT2D eigenvalue weighted by Gasteiger charge is 2.34. The van der Waals surface area contributed by atoms with E-state index in [0.717, 1.165) is 45.1 Å². The molecule has 0 radical (unpaired) electrons. The van der Waals surface area contributed by atoms with E-state index in [2.05, 4.69) is 10.2 Å². The average molecular weight is 303 g/mol. The lowest BCUT2D eigenvalue weighted by atomic mass is 9.88. The van der Waals surface area contributed by atoms with E-state index >= 15 is 0 Å². The predicted molar refractivity (Wildman–Crippen MR) is 81.9 cm³/mol. The number of hydrogen-bond donors (Lipinski definition) is 2. The molecule has 1 heterocycles. The van der Waals surface area contributed by atoms with Crippen LogP contribution < -0.4 is 5.32 Å². The van der Waals surface area contributed by atoms with Crippen LogP contribution in [0.1, 0.15) is 42.9 Å². The van der Waals surface area contributed by atoms with Crippen molar-refractivity contribution in [1.29, 1.82) is 5.26 Å². The molecule has 5 heteroatoms. The quantitative estimate of drug-likeness (QED) is 0.901. The lowest BCUT2D eigenvalue weighted by Crippen LogP contribution is -2.46. The van der Waals surface area contributed by atoms with Crippen molar-refractivity contribution in [2.45, 2.75) is 31.7 Å². The number of nitrogens with zero attached hydrogens (tertiary/aromatic N) is 2. The molecule has 1 saturated heterocycles. The summed E-state index contributed by atoms with van der Waals surface area (Å²) in [5.41, 5.74) is 0.869. The van der Waals surface area contributed by atoms with Crippen LogP contribution in [-0.2, 0) is 0 Å². The van der Waals surface area contributed by atoms with Crippen molar-refractivity contribution in [1.82, 2.24) is 10.2 Å². The number of aromatic hydroxyl groups is 1. The molecule has 1 aromatic carbocycles. The molecule has 2 fully saturated rings. The summed E-state index contributed by atoms with van der Waals surface area (Å²) < 4.78 is 14.0. The van der Waals surface area contributed by atoms with Crippen LogP contribution in [0.5, 0.6) is 5.75 Å². The highest BCUT2D eigenvalue weighted by atomic mass is 19.1. The van der Waals surface area contributed by atoms with E-state index in [4.69, 9.17) is 5.26 Å². The number of nitriles is 1. The molecule has 2 aliphatic rings. The zero-order chi connectivity index (χ0) is 15.5. The Morgan fingerprint density at radius 2 is 1.95 bits per heavy atom. The first kappa shape index (κ1) is 15.3. The Hall–Kier alpha value is -1.64. The fourth-order valence-electron chi connectivity index (χ4n) is 3.89. The molecule has 1 aliphatic carbocycles. The largest absolute Gasteiger partial charge is 0.505 e. The molecular weight excluding hydrogens is 281 g/mol. The van der Waals surface area contributed by atoms with Crippen molar-refractivity contribution in [3.8, 4) is 11.8 Å². The van der Waals surface area contributed by atoms with Crippen LogP contribution in [0.4, 0.5) is 4.39 Å². The maximum Gasteiger partial charge on any atom is 0.166 e. The molecule has 0 spiro atoms. The summed E-state index contributed by atoms with van der Waals surface area (Å²) in [5, 5.41) is 22.7. The van der Waals surface area contributed by atoms with E-state index in [1.165, 1.54) is 12.8 Å². The Labute approximate surface area is 130 Å². The molecule has 0 aromatic heterocycles. The molecule has 1 atom stereocenters. The fourth-order valence-corrected chi connectivity index (χ4v) is 3.89. The number of phenolic OH excluding ortho intramolecular Hbond substituents is 1. The maximum atomic E-state index is 14.0. The fraction of sp³-hybridized carbons (Fsp3) is 0.588. The molecule has 2 N–H and O–H groups in total. The first-order valence-electron chi connectivity index (χ1n) is 8.08. The minimum absolute atomic E-state index is 0.00685. The van der Waals surface area contributed by atoms with Gasteiger partial charge in [0.1, 0.15) is 0 Å². The van der Waals surface area contributed by atoms with Crippen LogP contribution in [0.25, 0.3) is 0 Å². The second-order valence-corrected chi connectivity index (χ2v) is 6.28. The van der Waals surface area contributed by atoms with E-state index < -0.39 is 5.82 Å². The molecule has 4 nitrogen and oxygen atoms in total. The summed E-state index contributed by atoms with van der Waals surface area (Å²) in [6, 6.07) is 4.79. The number of nitrogens with one attached hydrogen (secondary N) is 1. The first-order chi connectivity index (χ1) is 10.7. The van der Waals surface area contributed by atoms with Gasteiger partial charge in [-0.2, -0.15) is 5.26 Å². The van der Waals surface area contributed by atoms with Gasteiger partial charge in [0.15, 0.2) is 11.6 Å². The van der Waals surface area contributed by atoms with Gasteiger partial charge in [-0.1, -0.05) is 12.8 Å². The van der Waals surface area contributed by atoms with Crippen molar-refractivity contribution in [2.24, 2.45) is 5.92 Å². The predicted octanol–water partition coefficient (Wildman–Crippen LogP) is 2.54. The molecule has 0 amide bonds. The number of benzene rings is 1. The van der Waals surface area contributed by atoms with E-state index in [1.54, 1.807) is 6.07 Å². The van der Waals surface area contributed by atoms with E-state index in [-0.39, 0.29) is 17.4 Å². The number of hydrogen-bond acceptors (Lipinski definition) is 4. The van der Waals surface area contributed by atoms with E-state index in [1.807, 2.05) is 6.07 Å². The van der Waals surface area contributed by atoms with Gasteiger partial charge in [-0.05, 0) is 30.9 Å². The van der Waals surface area contributed by atoms with Gasteiger partial charge in [0.05, 0.1) is 11.6 Å². The molecule has 1 saturated carbocycles. The van der Waals surface area contributed by atoms with Crippen LogP contribution in [-0.4, -0.2) is 36.2 Å². The van der Waals surface area contributed by atoms with Crippen LogP contribution in [0.3, 0.4) is 0 Å². The average Bonchev–Trinajstić information content (AvgIpc) is 3.06.